The zero-order valence-electron chi connectivity index (χ0n) is 8.36. The highest BCUT2D eigenvalue weighted by Gasteiger charge is 1.91. The first-order chi connectivity index (χ1) is 6.86. The first-order valence-corrected chi connectivity index (χ1v) is 4.70. The van der Waals surface area contributed by atoms with Gasteiger partial charge in [0, 0.05) is 13.0 Å². The van der Waals surface area contributed by atoms with Crippen LogP contribution in [0.2, 0.25) is 0 Å². The van der Waals surface area contributed by atoms with Gasteiger partial charge in [0.15, 0.2) is 0 Å². The summed E-state index contributed by atoms with van der Waals surface area (Å²) in [5, 5.41) is 3.10. The van der Waals surface area contributed by atoms with Crippen molar-refractivity contribution in [3.63, 3.8) is 0 Å². The van der Waals surface area contributed by atoms with E-state index in [4.69, 9.17) is 0 Å². The molecule has 0 spiro atoms. The number of hydrogen-bond donors (Lipinski definition) is 1. The van der Waals surface area contributed by atoms with Crippen molar-refractivity contribution in [1.29, 1.82) is 0 Å². The van der Waals surface area contributed by atoms with Crippen LogP contribution in [-0.2, 0) is 11.3 Å². The molecule has 0 bridgehead atoms. The quantitative estimate of drug-likeness (QED) is 0.718. The molecule has 0 fully saturated rings. The van der Waals surface area contributed by atoms with Crippen molar-refractivity contribution in [3.8, 4) is 0 Å². The van der Waals surface area contributed by atoms with E-state index in [1.807, 2.05) is 31.3 Å². The molecular formula is C12H15NO. The molecule has 0 aliphatic carbocycles. The van der Waals surface area contributed by atoms with Gasteiger partial charge in [0.05, 0.1) is 0 Å². The minimum absolute atomic E-state index is 0.482. The molecule has 1 aromatic carbocycles. The van der Waals surface area contributed by atoms with E-state index in [9.17, 15) is 4.79 Å². The fraction of sp³-hybridized carbons (Fsp3) is 0.250. The Labute approximate surface area is 84.6 Å². The summed E-state index contributed by atoms with van der Waals surface area (Å²) in [5.74, 6) is 0. The molecule has 0 atom stereocenters. The lowest BCUT2D eigenvalue weighted by Crippen LogP contribution is -2.04. The molecule has 1 rings (SSSR count). The number of hydrogen-bond acceptors (Lipinski definition) is 2. The lowest BCUT2D eigenvalue weighted by molar-refractivity contribution is -0.107. The number of carbonyl (C=O) groups is 1. The molecule has 0 unspecified atom stereocenters. The minimum Gasteiger partial charge on any atom is -0.316 e. The number of carbonyl (C=O) groups excluding carboxylic acids is 1. The van der Waals surface area contributed by atoms with Crippen LogP contribution in [0.5, 0.6) is 0 Å². The van der Waals surface area contributed by atoms with Gasteiger partial charge in [-0.25, -0.2) is 0 Å². The highest BCUT2D eigenvalue weighted by Crippen LogP contribution is 2.07. The maximum Gasteiger partial charge on any atom is 0.123 e. The van der Waals surface area contributed by atoms with Crippen LogP contribution in [0.1, 0.15) is 17.5 Å². The number of benzene rings is 1. The third-order valence-corrected chi connectivity index (χ3v) is 1.87. The highest BCUT2D eigenvalue weighted by molar-refractivity contribution is 5.58. The standard InChI is InChI=1S/C12H15NO/c1-13-10-12-7-4-6-11(9-12)5-2-3-8-14/h2,4-9,13H,3,10H2,1H3. The maximum absolute atomic E-state index is 10.1. The van der Waals surface area contributed by atoms with Crippen LogP contribution < -0.4 is 5.32 Å². The van der Waals surface area contributed by atoms with Gasteiger partial charge >= 0.3 is 0 Å². The second kappa shape index (κ2) is 6.11. The van der Waals surface area contributed by atoms with E-state index in [2.05, 4.69) is 17.4 Å². The monoisotopic (exact) mass is 189 g/mol. The molecular weight excluding hydrogens is 174 g/mol. The Morgan fingerprint density at radius 1 is 1.43 bits per heavy atom. The fourth-order valence-corrected chi connectivity index (χ4v) is 1.27. The second-order valence-electron chi connectivity index (χ2n) is 3.08. The number of aldehydes is 1. The van der Waals surface area contributed by atoms with E-state index >= 15 is 0 Å². The van der Waals surface area contributed by atoms with Gasteiger partial charge in [0.1, 0.15) is 6.29 Å². The van der Waals surface area contributed by atoms with Crippen molar-refractivity contribution in [1.82, 2.24) is 5.32 Å². The highest BCUT2D eigenvalue weighted by atomic mass is 16.1. The lowest BCUT2D eigenvalue weighted by atomic mass is 10.1. The molecule has 2 nitrogen and oxygen atoms in total. The van der Waals surface area contributed by atoms with Crippen LogP contribution in [0.15, 0.2) is 30.3 Å². The predicted octanol–water partition coefficient (Wildman–Crippen LogP) is 2.01. The van der Waals surface area contributed by atoms with E-state index in [-0.39, 0.29) is 0 Å². The minimum atomic E-state index is 0.482. The van der Waals surface area contributed by atoms with Crippen molar-refractivity contribution in [3.05, 3.63) is 41.5 Å². The van der Waals surface area contributed by atoms with Crippen molar-refractivity contribution >= 4 is 12.4 Å². The van der Waals surface area contributed by atoms with Gasteiger partial charge < -0.3 is 10.1 Å². The van der Waals surface area contributed by atoms with Crippen LogP contribution in [0, 0.1) is 0 Å². The Kier molecular flexibility index (Phi) is 4.65. The molecule has 1 N–H and O–H groups in total. The number of rotatable bonds is 5. The zero-order valence-corrected chi connectivity index (χ0v) is 8.36. The van der Waals surface area contributed by atoms with Gasteiger partial charge in [-0.2, -0.15) is 0 Å². The molecule has 2 heteroatoms. The predicted molar refractivity (Wildman–Crippen MR) is 58.9 cm³/mol. The van der Waals surface area contributed by atoms with Gasteiger partial charge in [-0.15, -0.1) is 0 Å². The molecule has 0 aliphatic rings. The molecule has 0 radical (unpaired) electrons. The average Bonchev–Trinajstić information content (AvgIpc) is 2.19. The van der Waals surface area contributed by atoms with E-state index < -0.39 is 0 Å². The first-order valence-electron chi connectivity index (χ1n) is 4.70. The van der Waals surface area contributed by atoms with Crippen LogP contribution in [-0.4, -0.2) is 13.3 Å². The molecule has 14 heavy (non-hydrogen) atoms. The van der Waals surface area contributed by atoms with Crippen LogP contribution in [0.3, 0.4) is 0 Å². The third kappa shape index (κ3) is 3.54. The zero-order chi connectivity index (χ0) is 10.2. The summed E-state index contributed by atoms with van der Waals surface area (Å²) >= 11 is 0. The van der Waals surface area contributed by atoms with Crippen LogP contribution >= 0.6 is 0 Å². The molecule has 0 saturated heterocycles. The van der Waals surface area contributed by atoms with Crippen molar-refractivity contribution in [2.75, 3.05) is 7.05 Å². The summed E-state index contributed by atoms with van der Waals surface area (Å²) in [7, 11) is 1.93. The Morgan fingerprint density at radius 3 is 3.00 bits per heavy atom. The average molecular weight is 189 g/mol. The summed E-state index contributed by atoms with van der Waals surface area (Å²) in [6.07, 6.45) is 5.21. The first kappa shape index (κ1) is 10.7. The second-order valence-corrected chi connectivity index (χ2v) is 3.08. The van der Waals surface area contributed by atoms with Crippen molar-refractivity contribution in [2.24, 2.45) is 0 Å². The fourth-order valence-electron chi connectivity index (χ4n) is 1.27. The molecule has 1 aromatic rings. The van der Waals surface area contributed by atoms with E-state index in [1.54, 1.807) is 0 Å². The van der Waals surface area contributed by atoms with Crippen LogP contribution in [0.25, 0.3) is 6.08 Å². The molecule has 0 saturated carbocycles. The summed E-state index contributed by atoms with van der Waals surface area (Å²) in [6.45, 7) is 0.870. The van der Waals surface area contributed by atoms with E-state index in [1.165, 1.54) is 5.56 Å². The van der Waals surface area contributed by atoms with Crippen LogP contribution in [0.4, 0.5) is 0 Å². The summed E-state index contributed by atoms with van der Waals surface area (Å²) < 4.78 is 0. The smallest absolute Gasteiger partial charge is 0.123 e. The Balaban J connectivity index is 2.67. The number of allylic oxidation sites excluding steroid dienone is 1. The molecule has 0 heterocycles. The SMILES string of the molecule is CNCc1cccc(C=CCC=O)c1. The lowest BCUT2D eigenvalue weighted by Gasteiger charge is -2.00. The van der Waals surface area contributed by atoms with Gasteiger partial charge in [0.2, 0.25) is 0 Å². The Hall–Kier alpha value is -1.41. The Bertz CT molecular complexity index is 318. The van der Waals surface area contributed by atoms with E-state index in [0.717, 1.165) is 18.4 Å². The van der Waals surface area contributed by atoms with Crippen molar-refractivity contribution in [2.45, 2.75) is 13.0 Å². The molecule has 0 aliphatic heterocycles. The summed E-state index contributed by atoms with van der Waals surface area (Å²) in [4.78, 5) is 10.1. The molecule has 0 amide bonds. The van der Waals surface area contributed by atoms with Gasteiger partial charge in [-0.05, 0) is 18.2 Å². The van der Waals surface area contributed by atoms with Gasteiger partial charge in [-0.3, -0.25) is 0 Å². The summed E-state index contributed by atoms with van der Waals surface area (Å²) in [5.41, 5.74) is 2.39. The Morgan fingerprint density at radius 2 is 2.29 bits per heavy atom. The molecule has 0 aromatic heterocycles. The topological polar surface area (TPSA) is 29.1 Å². The van der Waals surface area contributed by atoms with Gasteiger partial charge in [-0.1, -0.05) is 36.4 Å². The van der Waals surface area contributed by atoms with Crippen molar-refractivity contribution < 1.29 is 4.79 Å². The largest absolute Gasteiger partial charge is 0.316 e. The summed E-state index contributed by atoms with van der Waals surface area (Å²) in [6, 6.07) is 8.24. The number of nitrogens with one attached hydrogen (secondary N) is 1. The van der Waals surface area contributed by atoms with Gasteiger partial charge in [0.25, 0.3) is 0 Å². The normalized spacial score (nSPS) is 10.6. The van der Waals surface area contributed by atoms with E-state index in [0.29, 0.717) is 6.42 Å². The maximum atomic E-state index is 10.1. The molecule has 74 valence electrons. The third-order valence-electron chi connectivity index (χ3n) is 1.87.